The number of hydrogen-bond acceptors (Lipinski definition) is 0. The molecule has 0 nitrogen and oxygen atoms in total. The Morgan fingerprint density at radius 3 is 1.36 bits per heavy atom. The topological polar surface area (TPSA) is 0 Å². The molecular formula is C8H24Si3. The molecule has 0 aromatic carbocycles. The Kier molecular flexibility index (Phi) is 4.89. The van der Waals surface area contributed by atoms with Crippen molar-refractivity contribution in [2.75, 3.05) is 0 Å². The first-order chi connectivity index (χ1) is 4.83. The second-order valence-electron chi connectivity index (χ2n) is 5.36. The molecule has 0 N–H and O–H groups in total. The minimum Gasteiger partial charge on any atom is -0.0631 e. The zero-order valence-corrected chi connectivity index (χ0v) is 14.1. The van der Waals surface area contributed by atoms with Gasteiger partial charge in [0.25, 0.3) is 0 Å². The lowest BCUT2D eigenvalue weighted by Crippen LogP contribution is -2.39. The summed E-state index contributed by atoms with van der Waals surface area (Å²) < 4.78 is 0. The molecule has 3 heteroatoms. The first kappa shape index (κ1) is 11.7. The van der Waals surface area contributed by atoms with Crippen LogP contribution >= 0.6 is 0 Å². The molecule has 0 aliphatic carbocycles. The van der Waals surface area contributed by atoms with E-state index in [1.807, 2.05) is 0 Å². The maximum absolute atomic E-state index is 2.39. The SMILES string of the molecule is CC(C)C[Si]([SiH3])([SiH3])CC(C)C. The van der Waals surface area contributed by atoms with Gasteiger partial charge in [-0.2, -0.15) is 0 Å². The molecular weight excluding hydrogens is 180 g/mol. The zero-order valence-electron chi connectivity index (χ0n) is 9.07. The smallest absolute Gasteiger partial charge is 0.0210 e. The summed E-state index contributed by atoms with van der Waals surface area (Å²) in [5.74, 6) is 1.94. The maximum Gasteiger partial charge on any atom is 0.0210 e. The van der Waals surface area contributed by atoms with E-state index in [1.54, 1.807) is 31.6 Å². The van der Waals surface area contributed by atoms with Crippen LogP contribution in [0.25, 0.3) is 0 Å². The van der Waals surface area contributed by atoms with Crippen molar-refractivity contribution < 1.29 is 0 Å². The predicted octanol–water partition coefficient (Wildman–Crippen LogP) is 0.471. The standard InChI is InChI=1S/C8H24Si3/c1-7(2)5-11(9,10)6-8(3)4/h7-8H,5-6H2,1-4,9-10H3. The van der Waals surface area contributed by atoms with Gasteiger partial charge in [-0.3, -0.25) is 0 Å². The fraction of sp³-hybridized carbons (Fsp3) is 1.00. The Morgan fingerprint density at radius 2 is 1.18 bits per heavy atom. The highest BCUT2D eigenvalue weighted by Gasteiger charge is 2.22. The van der Waals surface area contributed by atoms with Crippen molar-refractivity contribution in [3.8, 4) is 0 Å². The molecule has 0 aliphatic rings. The van der Waals surface area contributed by atoms with Crippen molar-refractivity contribution in [3.63, 3.8) is 0 Å². The Morgan fingerprint density at radius 1 is 0.909 bits per heavy atom. The lowest BCUT2D eigenvalue weighted by Gasteiger charge is -2.26. The van der Waals surface area contributed by atoms with Gasteiger partial charge in [0.05, 0.1) is 0 Å². The van der Waals surface area contributed by atoms with E-state index in [1.165, 1.54) is 0 Å². The normalized spacial score (nSPS) is 13.6. The fourth-order valence-electron chi connectivity index (χ4n) is 2.29. The molecule has 0 saturated heterocycles. The monoisotopic (exact) mass is 204 g/mol. The summed E-state index contributed by atoms with van der Waals surface area (Å²) in [6.07, 6.45) is 0. The van der Waals surface area contributed by atoms with Crippen LogP contribution in [0.3, 0.4) is 0 Å². The molecule has 0 spiro atoms. The quantitative estimate of drug-likeness (QED) is 0.584. The first-order valence-corrected chi connectivity index (χ1v) is 14.2. The average molecular weight is 205 g/mol. The average Bonchev–Trinajstić information content (AvgIpc) is 1.53. The van der Waals surface area contributed by atoms with Gasteiger partial charge in [0.1, 0.15) is 0 Å². The van der Waals surface area contributed by atoms with Gasteiger partial charge in [-0.1, -0.05) is 39.8 Å². The lowest BCUT2D eigenvalue weighted by atomic mass is 10.3. The van der Waals surface area contributed by atoms with Crippen LogP contribution in [-0.2, 0) is 0 Å². The molecule has 0 amide bonds. The maximum atomic E-state index is 2.39. The molecule has 11 heavy (non-hydrogen) atoms. The van der Waals surface area contributed by atoms with Crippen LogP contribution in [0, 0.1) is 11.8 Å². The first-order valence-electron chi connectivity index (χ1n) is 4.83. The van der Waals surface area contributed by atoms with Crippen molar-refractivity contribution >= 4 is 26.6 Å². The van der Waals surface area contributed by atoms with Gasteiger partial charge in [-0.15, -0.1) is 0 Å². The molecule has 0 saturated carbocycles. The fourth-order valence-corrected chi connectivity index (χ4v) is 16.7. The molecule has 0 heterocycles. The van der Waals surface area contributed by atoms with Crippen molar-refractivity contribution in [2.45, 2.75) is 39.8 Å². The second-order valence-corrected chi connectivity index (χ2v) is 31.0. The van der Waals surface area contributed by atoms with Gasteiger partial charge in [0, 0.05) is 7.11 Å². The predicted molar refractivity (Wildman–Crippen MR) is 64.9 cm³/mol. The molecule has 0 unspecified atom stereocenters. The van der Waals surface area contributed by atoms with Crippen molar-refractivity contribution in [1.82, 2.24) is 0 Å². The lowest BCUT2D eigenvalue weighted by molar-refractivity contribution is 0.694. The summed E-state index contributed by atoms with van der Waals surface area (Å²) in [5.41, 5.74) is 0. The molecule has 0 fully saturated rings. The van der Waals surface area contributed by atoms with Gasteiger partial charge < -0.3 is 0 Å². The summed E-state index contributed by atoms with van der Waals surface area (Å²) in [4.78, 5) is 0. The van der Waals surface area contributed by atoms with Gasteiger partial charge in [0.15, 0.2) is 0 Å². The van der Waals surface area contributed by atoms with E-state index in [2.05, 4.69) is 27.7 Å². The highest BCUT2D eigenvalue weighted by Crippen LogP contribution is 2.18. The van der Waals surface area contributed by atoms with Crippen molar-refractivity contribution in [1.29, 1.82) is 0 Å². The highest BCUT2D eigenvalue weighted by molar-refractivity contribution is 7.41. The summed E-state index contributed by atoms with van der Waals surface area (Å²) in [7, 11) is 2.54. The van der Waals surface area contributed by atoms with Gasteiger partial charge in [-0.05, 0) is 31.4 Å². The van der Waals surface area contributed by atoms with Crippen LogP contribution in [0.1, 0.15) is 27.7 Å². The van der Waals surface area contributed by atoms with Gasteiger partial charge >= 0.3 is 0 Å². The van der Waals surface area contributed by atoms with Crippen LogP contribution in [0.2, 0.25) is 12.1 Å². The van der Waals surface area contributed by atoms with Crippen LogP contribution in [0.15, 0.2) is 0 Å². The van der Waals surface area contributed by atoms with Gasteiger partial charge in [0.2, 0.25) is 0 Å². The van der Waals surface area contributed by atoms with E-state index >= 15 is 0 Å². The van der Waals surface area contributed by atoms with Crippen molar-refractivity contribution in [2.24, 2.45) is 11.8 Å². The van der Waals surface area contributed by atoms with E-state index in [4.69, 9.17) is 0 Å². The van der Waals surface area contributed by atoms with Crippen molar-refractivity contribution in [3.05, 3.63) is 0 Å². The molecule has 0 atom stereocenters. The summed E-state index contributed by atoms with van der Waals surface area (Å²) in [6.45, 7) is 9.55. The zero-order chi connectivity index (χ0) is 9.07. The summed E-state index contributed by atoms with van der Waals surface area (Å²) in [5, 5.41) is 0. The molecule has 0 radical (unpaired) electrons. The molecule has 0 rings (SSSR count). The van der Waals surface area contributed by atoms with Crippen LogP contribution < -0.4 is 0 Å². The third-order valence-corrected chi connectivity index (χ3v) is 10.7. The second kappa shape index (κ2) is 4.62. The Balaban J connectivity index is 3.79. The van der Waals surface area contributed by atoms with E-state index in [9.17, 15) is 0 Å². The Hall–Kier alpha value is 0.651. The molecule has 0 aliphatic heterocycles. The van der Waals surface area contributed by atoms with Crippen LogP contribution in [-0.4, -0.2) is 26.6 Å². The Labute approximate surface area is 78.6 Å². The molecule has 68 valence electrons. The van der Waals surface area contributed by atoms with Crippen LogP contribution in [0.5, 0.6) is 0 Å². The van der Waals surface area contributed by atoms with E-state index < -0.39 is 7.11 Å². The molecule has 0 bridgehead atoms. The molecule has 0 aromatic heterocycles. The van der Waals surface area contributed by atoms with E-state index in [0.29, 0.717) is 0 Å². The molecule has 0 aromatic rings. The third-order valence-electron chi connectivity index (χ3n) is 1.92. The van der Waals surface area contributed by atoms with Gasteiger partial charge in [-0.25, -0.2) is 0 Å². The summed E-state index contributed by atoms with van der Waals surface area (Å²) in [6, 6.07) is 3.23. The highest BCUT2D eigenvalue weighted by atomic mass is 29.6. The minimum atomic E-state index is -0.552. The van der Waals surface area contributed by atoms with E-state index in [0.717, 1.165) is 11.8 Å². The third kappa shape index (κ3) is 7.03. The number of hydrogen-bond donors (Lipinski definition) is 0. The minimum absolute atomic E-state index is 0.552. The summed E-state index contributed by atoms with van der Waals surface area (Å²) >= 11 is 0. The number of rotatable bonds is 4. The Bertz CT molecular complexity index is 95.9. The van der Waals surface area contributed by atoms with E-state index in [-0.39, 0.29) is 0 Å². The largest absolute Gasteiger partial charge is 0.0631 e. The van der Waals surface area contributed by atoms with Crippen LogP contribution in [0.4, 0.5) is 0 Å².